The van der Waals surface area contributed by atoms with Crippen LogP contribution in [0.3, 0.4) is 0 Å². The maximum absolute atomic E-state index is 13.8. The molecule has 160 valence electrons. The monoisotopic (exact) mass is 521 g/mol. The van der Waals surface area contributed by atoms with Gasteiger partial charge in [0, 0.05) is 15.9 Å². The first kappa shape index (κ1) is 21.4. The molecule has 0 radical (unpaired) electrons. The number of halogens is 1. The molecule has 0 spiro atoms. The molecule has 32 heavy (non-hydrogen) atoms. The SMILES string of the molecule is CCN1/C(=C2/SC(=Nc3ccc(Br)cc3)N(c3cccc(C)c3)C2=O)Sc2ccccc21. The third kappa shape index (κ3) is 3.89. The molecule has 1 fully saturated rings. The van der Waals surface area contributed by atoms with Crippen molar-refractivity contribution in [2.24, 2.45) is 4.99 Å². The van der Waals surface area contributed by atoms with Crippen LogP contribution in [0.5, 0.6) is 0 Å². The van der Waals surface area contributed by atoms with Gasteiger partial charge in [0.15, 0.2) is 5.17 Å². The van der Waals surface area contributed by atoms with Crippen LogP contribution in [0.4, 0.5) is 17.1 Å². The first-order valence-electron chi connectivity index (χ1n) is 10.3. The summed E-state index contributed by atoms with van der Waals surface area (Å²) in [6, 6.07) is 24.1. The zero-order chi connectivity index (χ0) is 22.2. The molecule has 5 rings (SSSR count). The highest BCUT2D eigenvalue weighted by atomic mass is 79.9. The minimum atomic E-state index is -0.0368. The first-order valence-corrected chi connectivity index (χ1v) is 12.7. The Kier molecular flexibility index (Phi) is 5.88. The van der Waals surface area contributed by atoms with E-state index in [2.05, 4.69) is 39.9 Å². The topological polar surface area (TPSA) is 35.9 Å². The molecule has 0 aliphatic carbocycles. The highest BCUT2D eigenvalue weighted by Crippen LogP contribution is 2.51. The molecule has 2 heterocycles. The van der Waals surface area contributed by atoms with Crippen molar-refractivity contribution < 1.29 is 4.79 Å². The molecule has 2 aliphatic heterocycles. The lowest BCUT2D eigenvalue weighted by Gasteiger charge is -2.19. The Morgan fingerprint density at radius 3 is 2.50 bits per heavy atom. The number of carbonyl (C=O) groups excluding carboxylic acids is 1. The summed E-state index contributed by atoms with van der Waals surface area (Å²) in [6.07, 6.45) is 0. The van der Waals surface area contributed by atoms with Crippen LogP contribution < -0.4 is 9.80 Å². The number of anilines is 2. The van der Waals surface area contributed by atoms with Crippen LogP contribution >= 0.6 is 39.5 Å². The number of hydrogen-bond acceptors (Lipinski definition) is 5. The van der Waals surface area contributed by atoms with E-state index in [0.29, 0.717) is 10.1 Å². The largest absolute Gasteiger partial charge is 0.334 e. The lowest BCUT2D eigenvalue weighted by atomic mass is 10.2. The summed E-state index contributed by atoms with van der Waals surface area (Å²) < 4.78 is 0.994. The van der Waals surface area contributed by atoms with E-state index in [0.717, 1.165) is 38.7 Å². The summed E-state index contributed by atoms with van der Waals surface area (Å²) in [7, 11) is 0. The Bertz CT molecular complexity index is 1270. The molecule has 1 saturated heterocycles. The number of aliphatic imine (C=N–C) groups is 1. The number of rotatable bonds is 3. The maximum atomic E-state index is 13.8. The summed E-state index contributed by atoms with van der Waals surface area (Å²) >= 11 is 6.58. The van der Waals surface area contributed by atoms with E-state index in [-0.39, 0.29) is 5.91 Å². The van der Waals surface area contributed by atoms with Crippen LogP contribution in [-0.4, -0.2) is 17.6 Å². The van der Waals surface area contributed by atoms with Crippen molar-refractivity contribution in [3.8, 4) is 0 Å². The molecule has 0 atom stereocenters. The van der Waals surface area contributed by atoms with E-state index in [1.807, 2.05) is 67.6 Å². The number of amidine groups is 1. The molecule has 0 N–H and O–H groups in total. The normalized spacial score (nSPS) is 19.2. The number of nitrogens with zero attached hydrogens (tertiary/aromatic N) is 3. The highest BCUT2D eigenvalue weighted by molar-refractivity contribution is 9.10. The Hall–Kier alpha value is -2.48. The van der Waals surface area contributed by atoms with Crippen LogP contribution in [0.2, 0.25) is 0 Å². The predicted octanol–water partition coefficient (Wildman–Crippen LogP) is 7.33. The van der Waals surface area contributed by atoms with Crippen LogP contribution in [0.15, 0.2) is 97.1 Å². The van der Waals surface area contributed by atoms with Crippen molar-refractivity contribution in [3.05, 3.63) is 92.8 Å². The summed E-state index contributed by atoms with van der Waals surface area (Å²) in [5.41, 5.74) is 3.89. The minimum Gasteiger partial charge on any atom is -0.334 e. The zero-order valence-electron chi connectivity index (χ0n) is 17.6. The van der Waals surface area contributed by atoms with Gasteiger partial charge in [-0.3, -0.25) is 9.69 Å². The van der Waals surface area contributed by atoms with Gasteiger partial charge in [-0.15, -0.1) is 0 Å². The van der Waals surface area contributed by atoms with Gasteiger partial charge in [0.25, 0.3) is 5.91 Å². The molecular formula is C25H20BrN3OS2. The summed E-state index contributed by atoms with van der Waals surface area (Å²) in [4.78, 5) is 24.5. The average molecular weight is 522 g/mol. The fourth-order valence-electron chi connectivity index (χ4n) is 3.72. The second-order valence-corrected chi connectivity index (χ2v) is 10.3. The summed E-state index contributed by atoms with van der Waals surface area (Å²) in [5, 5.41) is 1.64. The van der Waals surface area contributed by atoms with Crippen molar-refractivity contribution in [3.63, 3.8) is 0 Å². The lowest BCUT2D eigenvalue weighted by molar-refractivity contribution is -0.113. The van der Waals surface area contributed by atoms with E-state index in [9.17, 15) is 4.79 Å². The van der Waals surface area contributed by atoms with Crippen molar-refractivity contribution >= 4 is 67.6 Å². The van der Waals surface area contributed by atoms with Gasteiger partial charge in [0.1, 0.15) is 9.93 Å². The molecular weight excluding hydrogens is 502 g/mol. The van der Waals surface area contributed by atoms with Crippen LogP contribution in [-0.2, 0) is 4.79 Å². The molecule has 2 aliphatic rings. The Morgan fingerprint density at radius 1 is 0.969 bits per heavy atom. The average Bonchev–Trinajstić information content (AvgIpc) is 3.32. The van der Waals surface area contributed by atoms with E-state index >= 15 is 0 Å². The molecule has 0 bridgehead atoms. The lowest BCUT2D eigenvalue weighted by Crippen LogP contribution is -2.29. The van der Waals surface area contributed by atoms with Crippen LogP contribution in [0.25, 0.3) is 0 Å². The van der Waals surface area contributed by atoms with E-state index in [4.69, 9.17) is 4.99 Å². The molecule has 0 saturated carbocycles. The van der Waals surface area contributed by atoms with E-state index < -0.39 is 0 Å². The van der Waals surface area contributed by atoms with Gasteiger partial charge in [0.05, 0.1) is 17.1 Å². The zero-order valence-corrected chi connectivity index (χ0v) is 20.8. The van der Waals surface area contributed by atoms with Gasteiger partial charge < -0.3 is 4.90 Å². The van der Waals surface area contributed by atoms with Gasteiger partial charge >= 0.3 is 0 Å². The molecule has 7 heteroatoms. The number of benzene rings is 3. The highest BCUT2D eigenvalue weighted by Gasteiger charge is 2.40. The number of aryl methyl sites for hydroxylation is 1. The predicted molar refractivity (Wildman–Crippen MR) is 140 cm³/mol. The van der Waals surface area contributed by atoms with Gasteiger partial charge in [-0.05, 0) is 79.7 Å². The van der Waals surface area contributed by atoms with Gasteiger partial charge in [-0.1, -0.05) is 52.0 Å². The summed E-state index contributed by atoms with van der Waals surface area (Å²) in [6.45, 7) is 4.94. The maximum Gasteiger partial charge on any atom is 0.274 e. The number of fused-ring (bicyclic) bond motifs is 1. The quantitative estimate of drug-likeness (QED) is 0.338. The smallest absolute Gasteiger partial charge is 0.274 e. The standard InChI is InChI=1S/C25H20BrN3OS2/c1-3-28-20-9-4-5-10-21(20)31-24(28)22-23(30)29(19-8-6-7-16(2)15-19)25(32-22)27-18-13-11-17(26)12-14-18/h4-15H,3H2,1-2H3/b24-22-,27-25?. The first-order chi connectivity index (χ1) is 15.5. The fourth-order valence-corrected chi connectivity index (χ4v) is 6.37. The number of thioether (sulfide) groups is 2. The second-order valence-electron chi connectivity index (χ2n) is 7.40. The number of carbonyl (C=O) groups is 1. The molecule has 3 aromatic carbocycles. The Balaban J connectivity index is 1.63. The van der Waals surface area contributed by atoms with Gasteiger partial charge in [-0.25, -0.2) is 4.99 Å². The second kappa shape index (κ2) is 8.81. The van der Waals surface area contributed by atoms with Crippen LogP contribution in [0, 0.1) is 6.92 Å². The number of hydrogen-bond donors (Lipinski definition) is 0. The molecule has 0 unspecified atom stereocenters. The third-order valence-electron chi connectivity index (χ3n) is 5.21. The summed E-state index contributed by atoms with van der Waals surface area (Å²) in [5.74, 6) is -0.0368. The Labute approximate surface area is 204 Å². The third-order valence-corrected chi connectivity index (χ3v) is 8.08. The fraction of sp³-hybridized carbons (Fsp3) is 0.120. The van der Waals surface area contributed by atoms with Gasteiger partial charge in [0.2, 0.25) is 0 Å². The molecule has 4 nitrogen and oxygen atoms in total. The van der Waals surface area contributed by atoms with Crippen LogP contribution in [0.1, 0.15) is 12.5 Å². The van der Waals surface area contributed by atoms with Crippen molar-refractivity contribution in [1.82, 2.24) is 0 Å². The molecule has 3 aromatic rings. The number of para-hydroxylation sites is 1. The van der Waals surface area contributed by atoms with Gasteiger partial charge in [-0.2, -0.15) is 0 Å². The number of amides is 1. The molecule has 0 aromatic heterocycles. The van der Waals surface area contributed by atoms with E-state index in [1.54, 1.807) is 16.7 Å². The molecule has 1 amide bonds. The van der Waals surface area contributed by atoms with Crippen molar-refractivity contribution in [2.45, 2.75) is 18.7 Å². The Morgan fingerprint density at radius 2 is 1.75 bits per heavy atom. The van der Waals surface area contributed by atoms with E-state index in [1.165, 1.54) is 16.7 Å². The van der Waals surface area contributed by atoms with Crippen molar-refractivity contribution in [1.29, 1.82) is 0 Å². The minimum absolute atomic E-state index is 0.0368. The van der Waals surface area contributed by atoms with Crippen molar-refractivity contribution in [2.75, 3.05) is 16.3 Å².